The van der Waals surface area contributed by atoms with Gasteiger partial charge in [0, 0.05) is 24.2 Å². The van der Waals surface area contributed by atoms with Crippen molar-refractivity contribution in [3.05, 3.63) is 29.2 Å². The number of hydrogen-bond acceptors (Lipinski definition) is 4. The molecule has 0 N–H and O–H groups in total. The molecule has 1 aliphatic rings. The van der Waals surface area contributed by atoms with Crippen molar-refractivity contribution >= 4 is 11.6 Å². The molecular formula is C10H9N3O2. The number of esters is 1. The molecule has 0 unspecified atom stereocenters. The van der Waals surface area contributed by atoms with Gasteiger partial charge in [-0.15, -0.1) is 0 Å². The fourth-order valence-corrected chi connectivity index (χ4v) is 1.81. The Hall–Kier alpha value is -1.91. The summed E-state index contributed by atoms with van der Waals surface area (Å²) in [6.07, 6.45) is 2.44. The van der Waals surface area contributed by atoms with Crippen LogP contribution in [0.1, 0.15) is 21.7 Å². The molecule has 0 aromatic carbocycles. The second-order valence-electron chi connectivity index (χ2n) is 3.57. The fourth-order valence-electron chi connectivity index (χ4n) is 1.81. The van der Waals surface area contributed by atoms with Crippen molar-refractivity contribution in [2.45, 2.75) is 13.3 Å². The minimum atomic E-state index is -0.313. The summed E-state index contributed by atoms with van der Waals surface area (Å²) in [6.45, 7) is 2.30. The zero-order valence-electron chi connectivity index (χ0n) is 8.23. The lowest BCUT2D eigenvalue weighted by Crippen LogP contribution is -2.22. The van der Waals surface area contributed by atoms with Crippen LogP contribution >= 0.6 is 0 Å². The van der Waals surface area contributed by atoms with E-state index in [-0.39, 0.29) is 5.97 Å². The zero-order valence-corrected chi connectivity index (χ0v) is 8.23. The smallest absolute Gasteiger partial charge is 0.357 e. The van der Waals surface area contributed by atoms with Gasteiger partial charge in [0.15, 0.2) is 11.3 Å². The summed E-state index contributed by atoms with van der Waals surface area (Å²) in [7, 11) is 0. The first-order chi connectivity index (χ1) is 7.25. The Bertz CT molecular complexity index is 559. The maximum Gasteiger partial charge on any atom is 0.357 e. The van der Waals surface area contributed by atoms with Crippen LogP contribution in [0.25, 0.3) is 5.65 Å². The molecular weight excluding hydrogens is 194 g/mol. The number of cyclic esters (lactones) is 1. The first-order valence-electron chi connectivity index (χ1n) is 4.77. The van der Waals surface area contributed by atoms with Gasteiger partial charge in [-0.1, -0.05) is 0 Å². The molecule has 0 fully saturated rings. The molecule has 3 heterocycles. The standard InChI is InChI=1S/C10H9N3O2/c1-6-4-8-11-5-7-2-3-15-10(14)9(7)13(8)12-6/h4-5H,2-3H2,1H3. The van der Waals surface area contributed by atoms with E-state index >= 15 is 0 Å². The number of carbonyl (C=O) groups is 1. The predicted octanol–water partition coefficient (Wildman–Crippen LogP) is 0.751. The minimum absolute atomic E-state index is 0.313. The van der Waals surface area contributed by atoms with Crippen molar-refractivity contribution in [2.24, 2.45) is 0 Å². The van der Waals surface area contributed by atoms with E-state index in [9.17, 15) is 4.79 Å². The van der Waals surface area contributed by atoms with Crippen molar-refractivity contribution in [1.82, 2.24) is 14.6 Å². The van der Waals surface area contributed by atoms with Crippen molar-refractivity contribution in [3.8, 4) is 0 Å². The largest absolute Gasteiger partial charge is 0.461 e. The molecule has 0 spiro atoms. The van der Waals surface area contributed by atoms with Gasteiger partial charge in [0.05, 0.1) is 12.3 Å². The third kappa shape index (κ3) is 1.12. The SMILES string of the molecule is Cc1cc2ncc3c(n2n1)C(=O)OCC3. The molecule has 0 amide bonds. The maximum absolute atomic E-state index is 11.6. The highest BCUT2D eigenvalue weighted by molar-refractivity contribution is 5.90. The van der Waals surface area contributed by atoms with Crippen LogP contribution in [-0.2, 0) is 11.2 Å². The number of carbonyl (C=O) groups excluding carboxylic acids is 1. The van der Waals surface area contributed by atoms with Gasteiger partial charge < -0.3 is 4.74 Å². The molecule has 0 saturated carbocycles. The van der Waals surface area contributed by atoms with Crippen molar-refractivity contribution in [1.29, 1.82) is 0 Å². The summed E-state index contributed by atoms with van der Waals surface area (Å²) in [5, 5.41) is 4.23. The highest BCUT2D eigenvalue weighted by Gasteiger charge is 2.23. The molecule has 0 saturated heterocycles. The van der Waals surface area contributed by atoms with Crippen LogP contribution in [-0.4, -0.2) is 27.2 Å². The Labute approximate surface area is 85.7 Å². The Balaban J connectivity index is 2.39. The molecule has 2 aromatic heterocycles. The molecule has 76 valence electrons. The molecule has 2 aromatic rings. The third-order valence-corrected chi connectivity index (χ3v) is 2.48. The summed E-state index contributed by atoms with van der Waals surface area (Å²) >= 11 is 0. The number of nitrogens with zero attached hydrogens (tertiary/aromatic N) is 3. The summed E-state index contributed by atoms with van der Waals surface area (Å²) < 4.78 is 6.56. The van der Waals surface area contributed by atoms with Crippen LogP contribution in [0.3, 0.4) is 0 Å². The lowest BCUT2D eigenvalue weighted by atomic mass is 10.1. The number of aryl methyl sites for hydroxylation is 1. The van der Waals surface area contributed by atoms with E-state index < -0.39 is 0 Å². The van der Waals surface area contributed by atoms with Crippen LogP contribution in [0.4, 0.5) is 0 Å². The van der Waals surface area contributed by atoms with Gasteiger partial charge in [0.25, 0.3) is 0 Å². The molecule has 5 nitrogen and oxygen atoms in total. The Morgan fingerprint density at radius 1 is 1.53 bits per heavy atom. The predicted molar refractivity (Wildman–Crippen MR) is 51.7 cm³/mol. The van der Waals surface area contributed by atoms with Gasteiger partial charge in [-0.2, -0.15) is 5.10 Å². The van der Waals surface area contributed by atoms with E-state index in [1.807, 2.05) is 13.0 Å². The number of ether oxygens (including phenoxy) is 1. The second-order valence-corrected chi connectivity index (χ2v) is 3.57. The molecule has 1 aliphatic heterocycles. The normalized spacial score (nSPS) is 15.1. The van der Waals surface area contributed by atoms with E-state index in [4.69, 9.17) is 4.74 Å². The summed E-state index contributed by atoms with van der Waals surface area (Å²) in [6, 6.07) is 1.84. The molecule has 0 bridgehead atoms. The maximum atomic E-state index is 11.6. The molecule has 0 aliphatic carbocycles. The van der Waals surface area contributed by atoms with Crippen LogP contribution in [0.15, 0.2) is 12.3 Å². The average molecular weight is 203 g/mol. The second kappa shape index (κ2) is 2.79. The third-order valence-electron chi connectivity index (χ3n) is 2.48. The molecule has 15 heavy (non-hydrogen) atoms. The highest BCUT2D eigenvalue weighted by atomic mass is 16.5. The van der Waals surface area contributed by atoms with Gasteiger partial charge in [-0.25, -0.2) is 14.3 Å². The minimum Gasteiger partial charge on any atom is -0.461 e. The number of aromatic nitrogens is 3. The summed E-state index contributed by atoms with van der Waals surface area (Å²) in [5.74, 6) is -0.313. The van der Waals surface area contributed by atoms with E-state index in [0.717, 1.165) is 11.3 Å². The van der Waals surface area contributed by atoms with Crippen LogP contribution in [0.2, 0.25) is 0 Å². The number of hydrogen-bond donors (Lipinski definition) is 0. The van der Waals surface area contributed by atoms with Crippen LogP contribution in [0.5, 0.6) is 0 Å². The van der Waals surface area contributed by atoms with Gasteiger partial charge in [-0.05, 0) is 6.92 Å². The van der Waals surface area contributed by atoms with Gasteiger partial charge in [0.1, 0.15) is 0 Å². The molecule has 5 heteroatoms. The number of rotatable bonds is 0. The fraction of sp³-hybridized carbons (Fsp3) is 0.300. The monoisotopic (exact) mass is 203 g/mol. The van der Waals surface area contributed by atoms with Crippen LogP contribution in [0, 0.1) is 6.92 Å². The van der Waals surface area contributed by atoms with Gasteiger partial charge in [-0.3, -0.25) is 0 Å². The Kier molecular flexibility index (Phi) is 1.56. The van der Waals surface area contributed by atoms with Crippen molar-refractivity contribution < 1.29 is 9.53 Å². The molecule has 0 atom stereocenters. The lowest BCUT2D eigenvalue weighted by molar-refractivity contribution is 0.0467. The van der Waals surface area contributed by atoms with Crippen molar-refractivity contribution in [3.63, 3.8) is 0 Å². The summed E-state index contributed by atoms with van der Waals surface area (Å²) in [4.78, 5) is 15.8. The van der Waals surface area contributed by atoms with Gasteiger partial charge in [0.2, 0.25) is 0 Å². The van der Waals surface area contributed by atoms with E-state index in [2.05, 4.69) is 10.1 Å². The zero-order chi connectivity index (χ0) is 10.4. The first-order valence-corrected chi connectivity index (χ1v) is 4.77. The first kappa shape index (κ1) is 8.40. The van der Waals surface area contributed by atoms with E-state index in [1.165, 1.54) is 0 Å². The summed E-state index contributed by atoms with van der Waals surface area (Å²) in [5.41, 5.74) is 2.94. The topological polar surface area (TPSA) is 56.5 Å². The highest BCUT2D eigenvalue weighted by Crippen LogP contribution is 2.17. The van der Waals surface area contributed by atoms with E-state index in [0.29, 0.717) is 24.4 Å². The quantitative estimate of drug-likeness (QED) is 0.593. The Morgan fingerprint density at radius 3 is 3.27 bits per heavy atom. The van der Waals surface area contributed by atoms with Crippen molar-refractivity contribution in [2.75, 3.05) is 6.61 Å². The van der Waals surface area contributed by atoms with Crippen LogP contribution < -0.4 is 0 Å². The van der Waals surface area contributed by atoms with E-state index in [1.54, 1.807) is 10.7 Å². The number of fused-ring (bicyclic) bond motifs is 3. The lowest BCUT2D eigenvalue weighted by Gasteiger charge is -2.15. The Morgan fingerprint density at radius 2 is 2.40 bits per heavy atom. The molecule has 3 rings (SSSR count). The van der Waals surface area contributed by atoms with Gasteiger partial charge >= 0.3 is 5.97 Å². The average Bonchev–Trinajstić information content (AvgIpc) is 2.58. The molecule has 0 radical (unpaired) electrons.